The molecule has 2 atom stereocenters. The molecule has 6 rings (SSSR count). The molecule has 1 aromatic heterocycles. The van der Waals surface area contributed by atoms with Crippen molar-refractivity contribution in [1.82, 2.24) is 24.6 Å². The Morgan fingerprint density at radius 2 is 1.46 bits per heavy atom. The van der Waals surface area contributed by atoms with Gasteiger partial charge in [0.25, 0.3) is 0 Å². The van der Waals surface area contributed by atoms with Gasteiger partial charge in [0.05, 0.1) is 24.4 Å². The summed E-state index contributed by atoms with van der Waals surface area (Å²) in [6.07, 6.45) is 1.57. The summed E-state index contributed by atoms with van der Waals surface area (Å²) in [6, 6.07) is 32.5. The van der Waals surface area contributed by atoms with Gasteiger partial charge in [0, 0.05) is 38.4 Å². The summed E-state index contributed by atoms with van der Waals surface area (Å²) < 4.78 is 7.93. The first-order chi connectivity index (χ1) is 23.3. The molecule has 0 bridgehead atoms. The SMILES string of the molecule is COC(=O)c1ccc(CNC(=O)C(c2ccccc2)N2CCN(c3ccc(-n4cnn(C(C)c5ccccc5)c4=O)cc3)CC2)cc1C. The average molecular weight is 645 g/mol. The van der Waals surface area contributed by atoms with Gasteiger partial charge in [-0.1, -0.05) is 72.8 Å². The summed E-state index contributed by atoms with van der Waals surface area (Å²) in [6.45, 7) is 7.07. The summed E-state index contributed by atoms with van der Waals surface area (Å²) in [4.78, 5) is 43.5. The van der Waals surface area contributed by atoms with E-state index in [0.29, 0.717) is 25.2 Å². The topological polar surface area (TPSA) is 102 Å². The van der Waals surface area contributed by atoms with Gasteiger partial charge in [-0.2, -0.15) is 5.10 Å². The molecule has 0 saturated carbocycles. The number of benzene rings is 4. The Balaban J connectivity index is 1.11. The Labute approximate surface area is 280 Å². The maximum Gasteiger partial charge on any atom is 0.350 e. The third kappa shape index (κ3) is 6.94. The fourth-order valence-corrected chi connectivity index (χ4v) is 6.32. The van der Waals surface area contributed by atoms with Crippen LogP contribution in [0.15, 0.2) is 114 Å². The van der Waals surface area contributed by atoms with E-state index in [-0.39, 0.29) is 23.6 Å². The molecule has 10 nitrogen and oxygen atoms in total. The van der Waals surface area contributed by atoms with Crippen LogP contribution >= 0.6 is 0 Å². The quantitative estimate of drug-likeness (QED) is 0.216. The molecule has 1 amide bonds. The standard InChI is InChI=1S/C38H40N6O4/c1-27-24-29(14-19-34(27)37(46)48-3)25-39-36(45)35(31-12-8-5-9-13-31)42-22-20-41(21-23-42)32-15-17-33(18-16-32)43-26-40-44(38(43)47)28(2)30-10-6-4-7-11-30/h4-19,24,26,28,35H,20-23,25H2,1-3H3,(H,39,45). The van der Waals surface area contributed by atoms with Crippen LogP contribution < -0.4 is 15.9 Å². The zero-order valence-electron chi connectivity index (χ0n) is 27.5. The minimum absolute atomic E-state index is 0.0683. The fourth-order valence-electron chi connectivity index (χ4n) is 6.32. The number of methoxy groups -OCH3 is 1. The van der Waals surface area contributed by atoms with Crippen LogP contribution in [0.1, 0.15) is 51.6 Å². The molecule has 48 heavy (non-hydrogen) atoms. The molecule has 2 heterocycles. The van der Waals surface area contributed by atoms with Gasteiger partial charge in [-0.15, -0.1) is 0 Å². The number of piperazine rings is 1. The Morgan fingerprint density at radius 1 is 0.833 bits per heavy atom. The van der Waals surface area contributed by atoms with Gasteiger partial charge in [-0.05, 0) is 66.4 Å². The molecule has 1 aliphatic rings. The second-order valence-electron chi connectivity index (χ2n) is 12.0. The monoisotopic (exact) mass is 644 g/mol. The maximum absolute atomic E-state index is 13.7. The van der Waals surface area contributed by atoms with Crippen molar-refractivity contribution in [3.05, 3.63) is 148 Å². The van der Waals surface area contributed by atoms with Crippen LogP contribution in [0, 0.1) is 6.92 Å². The first kappa shape index (κ1) is 32.5. The van der Waals surface area contributed by atoms with Gasteiger partial charge in [-0.3, -0.25) is 9.69 Å². The molecule has 2 unspecified atom stereocenters. The number of nitrogens with zero attached hydrogens (tertiary/aromatic N) is 5. The molecule has 1 saturated heterocycles. The van der Waals surface area contributed by atoms with Crippen LogP contribution in [-0.2, 0) is 16.1 Å². The number of amides is 1. The van der Waals surface area contributed by atoms with E-state index in [0.717, 1.165) is 46.7 Å². The fraction of sp³-hybridized carbons (Fsp3) is 0.263. The van der Waals surface area contributed by atoms with Crippen LogP contribution in [0.3, 0.4) is 0 Å². The Hall–Kier alpha value is -5.48. The van der Waals surface area contributed by atoms with Gasteiger partial charge >= 0.3 is 11.7 Å². The second-order valence-corrected chi connectivity index (χ2v) is 12.0. The number of aryl methyl sites for hydroxylation is 1. The third-order valence-electron chi connectivity index (χ3n) is 9.04. The van der Waals surface area contributed by atoms with Crippen LogP contribution in [0.25, 0.3) is 5.69 Å². The molecule has 10 heteroatoms. The number of carbonyl (C=O) groups is 2. The summed E-state index contributed by atoms with van der Waals surface area (Å²) in [5.41, 5.74) is 5.82. The van der Waals surface area contributed by atoms with Crippen molar-refractivity contribution in [2.75, 3.05) is 38.2 Å². The lowest BCUT2D eigenvalue weighted by Gasteiger charge is -2.39. The minimum Gasteiger partial charge on any atom is -0.465 e. The molecule has 1 aliphatic heterocycles. The normalized spacial score (nSPS) is 14.7. The number of rotatable bonds is 10. The highest BCUT2D eigenvalue weighted by atomic mass is 16.5. The number of ether oxygens (including phenoxy) is 1. The van der Waals surface area contributed by atoms with Crippen LogP contribution in [-0.4, -0.2) is 64.4 Å². The molecule has 0 aliphatic carbocycles. The summed E-state index contributed by atoms with van der Waals surface area (Å²) in [5, 5.41) is 7.52. The lowest BCUT2D eigenvalue weighted by Crippen LogP contribution is -2.51. The van der Waals surface area contributed by atoms with E-state index in [1.54, 1.807) is 17.0 Å². The van der Waals surface area contributed by atoms with Crippen LogP contribution in [0.5, 0.6) is 0 Å². The predicted octanol–water partition coefficient (Wildman–Crippen LogP) is 4.92. The summed E-state index contributed by atoms with van der Waals surface area (Å²) in [5.74, 6) is -0.444. The number of nitrogens with one attached hydrogen (secondary N) is 1. The summed E-state index contributed by atoms with van der Waals surface area (Å²) in [7, 11) is 1.37. The highest BCUT2D eigenvalue weighted by Gasteiger charge is 2.30. The zero-order chi connectivity index (χ0) is 33.6. The van der Waals surface area contributed by atoms with Gasteiger partial charge in [-0.25, -0.2) is 18.8 Å². The van der Waals surface area contributed by atoms with Gasteiger partial charge < -0.3 is 15.0 Å². The van der Waals surface area contributed by atoms with E-state index in [9.17, 15) is 14.4 Å². The van der Waals surface area contributed by atoms with Crippen molar-refractivity contribution in [3.63, 3.8) is 0 Å². The van der Waals surface area contributed by atoms with E-state index in [2.05, 4.69) is 20.2 Å². The van der Waals surface area contributed by atoms with Crippen LogP contribution in [0.2, 0.25) is 0 Å². The molecule has 5 aromatic rings. The average Bonchev–Trinajstić information content (AvgIpc) is 3.52. The van der Waals surface area contributed by atoms with Crippen molar-refractivity contribution >= 4 is 17.6 Å². The van der Waals surface area contributed by atoms with E-state index in [1.807, 2.05) is 111 Å². The minimum atomic E-state index is -0.437. The lowest BCUT2D eigenvalue weighted by molar-refractivity contribution is -0.127. The maximum atomic E-state index is 13.7. The molecular weight excluding hydrogens is 604 g/mol. The molecule has 246 valence electrons. The number of aromatic nitrogens is 3. The van der Waals surface area contributed by atoms with E-state index < -0.39 is 6.04 Å². The number of anilines is 1. The van der Waals surface area contributed by atoms with E-state index >= 15 is 0 Å². The molecule has 0 radical (unpaired) electrons. The van der Waals surface area contributed by atoms with Crippen molar-refractivity contribution in [3.8, 4) is 5.69 Å². The molecular formula is C38H40N6O4. The van der Waals surface area contributed by atoms with Gasteiger partial charge in [0.1, 0.15) is 12.4 Å². The lowest BCUT2D eigenvalue weighted by atomic mass is 10.0. The van der Waals surface area contributed by atoms with Gasteiger partial charge in [0.15, 0.2) is 0 Å². The highest BCUT2D eigenvalue weighted by molar-refractivity contribution is 5.91. The molecule has 1 N–H and O–H groups in total. The van der Waals surface area contributed by atoms with Crippen molar-refractivity contribution in [2.45, 2.75) is 32.5 Å². The first-order valence-corrected chi connectivity index (χ1v) is 16.1. The molecule has 0 spiro atoms. The van der Waals surface area contributed by atoms with E-state index in [4.69, 9.17) is 4.74 Å². The molecule has 1 fully saturated rings. The van der Waals surface area contributed by atoms with Gasteiger partial charge in [0.2, 0.25) is 5.91 Å². The van der Waals surface area contributed by atoms with Crippen molar-refractivity contribution < 1.29 is 14.3 Å². The smallest absolute Gasteiger partial charge is 0.350 e. The Morgan fingerprint density at radius 3 is 2.08 bits per heavy atom. The number of hydrogen-bond acceptors (Lipinski definition) is 7. The third-order valence-corrected chi connectivity index (χ3v) is 9.04. The Bertz CT molecular complexity index is 1910. The number of hydrogen-bond donors (Lipinski definition) is 1. The highest BCUT2D eigenvalue weighted by Crippen LogP contribution is 2.26. The summed E-state index contributed by atoms with van der Waals surface area (Å²) >= 11 is 0. The number of carbonyl (C=O) groups excluding carboxylic acids is 2. The number of esters is 1. The Kier molecular flexibility index (Phi) is 9.82. The van der Waals surface area contributed by atoms with E-state index in [1.165, 1.54) is 11.8 Å². The largest absolute Gasteiger partial charge is 0.465 e. The van der Waals surface area contributed by atoms with Crippen LogP contribution in [0.4, 0.5) is 5.69 Å². The predicted molar refractivity (Wildman–Crippen MR) is 185 cm³/mol. The van der Waals surface area contributed by atoms with Crippen molar-refractivity contribution in [1.29, 1.82) is 0 Å². The van der Waals surface area contributed by atoms with Crippen molar-refractivity contribution in [2.24, 2.45) is 0 Å². The second kappa shape index (κ2) is 14.5. The zero-order valence-corrected chi connectivity index (χ0v) is 27.5. The molecule has 4 aromatic carbocycles. The first-order valence-electron chi connectivity index (χ1n) is 16.1.